The molecule has 0 radical (unpaired) electrons. The highest BCUT2D eigenvalue weighted by atomic mass is 16.5. The molecule has 1 aliphatic rings. The van der Waals surface area contributed by atoms with Crippen molar-refractivity contribution in [3.63, 3.8) is 0 Å². The summed E-state index contributed by atoms with van der Waals surface area (Å²) in [5, 5.41) is 0. The van der Waals surface area contributed by atoms with E-state index in [0.717, 1.165) is 5.56 Å². The van der Waals surface area contributed by atoms with Crippen LogP contribution in [0.25, 0.3) is 0 Å². The van der Waals surface area contributed by atoms with Gasteiger partial charge in [-0.25, -0.2) is 0 Å². The molecule has 0 amide bonds. The minimum absolute atomic E-state index is 0.0951. The van der Waals surface area contributed by atoms with Gasteiger partial charge < -0.3 is 9.47 Å². The van der Waals surface area contributed by atoms with Crippen LogP contribution >= 0.6 is 0 Å². The summed E-state index contributed by atoms with van der Waals surface area (Å²) in [6.45, 7) is 4.40. The molecular weight excluding hydrogens is 264 g/mol. The molecule has 0 fully saturated rings. The molecule has 0 spiro atoms. The Balaban J connectivity index is 1.87. The lowest BCUT2D eigenvalue weighted by atomic mass is 9.89. The Labute approximate surface area is 123 Å². The molecule has 2 aromatic carbocycles. The van der Waals surface area contributed by atoms with Crippen LogP contribution in [0.1, 0.15) is 21.8 Å². The zero-order valence-electron chi connectivity index (χ0n) is 11.6. The van der Waals surface area contributed by atoms with Crippen LogP contribution in [0.5, 0.6) is 11.5 Å². The lowest BCUT2D eigenvalue weighted by Crippen LogP contribution is -2.26. The number of rotatable bonds is 4. The zero-order valence-corrected chi connectivity index (χ0v) is 11.6. The van der Waals surface area contributed by atoms with Gasteiger partial charge in [-0.2, -0.15) is 0 Å². The quantitative estimate of drug-likeness (QED) is 0.803. The van der Waals surface area contributed by atoms with Crippen molar-refractivity contribution >= 4 is 5.78 Å². The predicted octanol–water partition coefficient (Wildman–Crippen LogP) is 3.61. The number of hydrogen-bond donors (Lipinski definition) is 0. The molecule has 106 valence electrons. The largest absolute Gasteiger partial charge is 0.492 e. The maximum absolute atomic E-state index is 12.6. The molecule has 0 N–H and O–H groups in total. The molecule has 0 bridgehead atoms. The van der Waals surface area contributed by atoms with Gasteiger partial charge in [-0.3, -0.25) is 4.79 Å². The Morgan fingerprint density at radius 2 is 2.05 bits per heavy atom. The molecule has 3 rings (SSSR count). The lowest BCUT2D eigenvalue weighted by molar-refractivity contribution is 0.0896. The van der Waals surface area contributed by atoms with Crippen LogP contribution in [-0.4, -0.2) is 19.0 Å². The number of benzene rings is 2. The van der Waals surface area contributed by atoms with E-state index >= 15 is 0 Å². The average molecular weight is 280 g/mol. The summed E-state index contributed by atoms with van der Waals surface area (Å²) in [5.74, 6) is 1.13. The van der Waals surface area contributed by atoms with Crippen molar-refractivity contribution in [1.29, 1.82) is 0 Å². The van der Waals surface area contributed by atoms with Crippen LogP contribution in [0.3, 0.4) is 0 Å². The third-order valence-corrected chi connectivity index (χ3v) is 3.51. The number of ether oxygens (including phenoxy) is 2. The second-order valence-corrected chi connectivity index (χ2v) is 4.90. The minimum Gasteiger partial charge on any atom is -0.492 e. The van der Waals surface area contributed by atoms with Crippen LogP contribution < -0.4 is 9.47 Å². The first-order valence-electron chi connectivity index (χ1n) is 6.89. The fourth-order valence-corrected chi connectivity index (χ4v) is 2.44. The fourth-order valence-electron chi connectivity index (χ4n) is 2.44. The Morgan fingerprint density at radius 3 is 2.81 bits per heavy atom. The minimum atomic E-state index is -0.237. The van der Waals surface area contributed by atoms with Gasteiger partial charge in [0, 0.05) is 6.07 Å². The van der Waals surface area contributed by atoms with Gasteiger partial charge in [-0.15, -0.1) is 0 Å². The summed E-state index contributed by atoms with van der Waals surface area (Å²) in [6, 6.07) is 15.0. The summed E-state index contributed by atoms with van der Waals surface area (Å²) < 4.78 is 11.2. The van der Waals surface area contributed by atoms with E-state index in [2.05, 4.69) is 6.58 Å². The van der Waals surface area contributed by atoms with Crippen LogP contribution in [0.4, 0.5) is 0 Å². The molecule has 21 heavy (non-hydrogen) atoms. The van der Waals surface area contributed by atoms with Crippen molar-refractivity contribution in [3.05, 3.63) is 72.3 Å². The molecule has 1 aliphatic heterocycles. The zero-order chi connectivity index (χ0) is 14.7. The maximum Gasteiger partial charge on any atom is 0.177 e. The number of Topliss-reactive ketones (excluding diaryl/α,β-unsaturated/α-hetero) is 1. The Bertz CT molecular complexity index is 661. The van der Waals surface area contributed by atoms with E-state index in [9.17, 15) is 4.79 Å². The SMILES string of the molecule is C=CCOc1ccc2c(c1)OCC(c1ccccc1)C2=O. The van der Waals surface area contributed by atoms with Crippen LogP contribution in [0, 0.1) is 0 Å². The molecular formula is C18H16O3. The van der Waals surface area contributed by atoms with Crippen molar-refractivity contribution in [2.45, 2.75) is 5.92 Å². The summed E-state index contributed by atoms with van der Waals surface area (Å²) in [6.07, 6.45) is 1.68. The Hall–Kier alpha value is -2.55. The Kier molecular flexibility index (Phi) is 3.73. The van der Waals surface area contributed by atoms with E-state index < -0.39 is 0 Å². The number of carbonyl (C=O) groups is 1. The fraction of sp³-hybridized carbons (Fsp3) is 0.167. The van der Waals surface area contributed by atoms with Crippen molar-refractivity contribution in [2.75, 3.05) is 13.2 Å². The average Bonchev–Trinajstić information content (AvgIpc) is 2.54. The first-order valence-corrected chi connectivity index (χ1v) is 6.89. The molecule has 1 atom stereocenters. The van der Waals surface area contributed by atoms with Gasteiger partial charge in [0.25, 0.3) is 0 Å². The number of carbonyl (C=O) groups excluding carboxylic acids is 1. The highest BCUT2D eigenvalue weighted by Crippen LogP contribution is 2.34. The van der Waals surface area contributed by atoms with E-state index in [1.54, 1.807) is 24.3 Å². The number of fused-ring (bicyclic) bond motifs is 1. The van der Waals surface area contributed by atoms with E-state index in [1.165, 1.54) is 0 Å². The summed E-state index contributed by atoms with van der Waals surface area (Å²) >= 11 is 0. The third kappa shape index (κ3) is 2.68. The monoisotopic (exact) mass is 280 g/mol. The standard InChI is InChI=1S/C18H16O3/c1-2-10-20-14-8-9-15-17(11-14)21-12-16(18(15)19)13-6-4-3-5-7-13/h2-9,11,16H,1,10,12H2. The van der Waals surface area contributed by atoms with Gasteiger partial charge >= 0.3 is 0 Å². The third-order valence-electron chi connectivity index (χ3n) is 3.51. The number of ketones is 1. The smallest absolute Gasteiger partial charge is 0.177 e. The highest BCUT2D eigenvalue weighted by Gasteiger charge is 2.30. The van der Waals surface area contributed by atoms with Gasteiger partial charge in [0.15, 0.2) is 5.78 Å². The van der Waals surface area contributed by atoms with Gasteiger partial charge in [-0.1, -0.05) is 43.0 Å². The first kappa shape index (κ1) is 13.4. The van der Waals surface area contributed by atoms with Crippen molar-refractivity contribution < 1.29 is 14.3 Å². The van der Waals surface area contributed by atoms with E-state index in [1.807, 2.05) is 30.3 Å². The van der Waals surface area contributed by atoms with Gasteiger partial charge in [-0.05, 0) is 17.7 Å². The van der Waals surface area contributed by atoms with E-state index in [-0.39, 0.29) is 11.7 Å². The summed E-state index contributed by atoms with van der Waals surface area (Å²) in [5.41, 5.74) is 1.60. The molecule has 0 aromatic heterocycles. The second kappa shape index (κ2) is 5.83. The molecule has 0 saturated heterocycles. The predicted molar refractivity (Wildman–Crippen MR) is 81.1 cm³/mol. The maximum atomic E-state index is 12.6. The van der Waals surface area contributed by atoms with Crippen molar-refractivity contribution in [1.82, 2.24) is 0 Å². The first-order chi connectivity index (χ1) is 10.3. The lowest BCUT2D eigenvalue weighted by Gasteiger charge is -2.24. The summed E-state index contributed by atoms with van der Waals surface area (Å²) in [7, 11) is 0. The van der Waals surface area contributed by atoms with Crippen molar-refractivity contribution in [2.24, 2.45) is 0 Å². The van der Waals surface area contributed by atoms with Crippen LogP contribution in [-0.2, 0) is 0 Å². The molecule has 3 heteroatoms. The second-order valence-electron chi connectivity index (χ2n) is 4.90. The normalized spacial score (nSPS) is 16.8. The molecule has 0 aliphatic carbocycles. The molecule has 1 unspecified atom stereocenters. The van der Waals surface area contributed by atoms with E-state index in [0.29, 0.717) is 30.3 Å². The highest BCUT2D eigenvalue weighted by molar-refractivity contribution is 6.04. The topological polar surface area (TPSA) is 35.5 Å². The van der Waals surface area contributed by atoms with E-state index in [4.69, 9.17) is 9.47 Å². The van der Waals surface area contributed by atoms with Crippen LogP contribution in [0.2, 0.25) is 0 Å². The Morgan fingerprint density at radius 1 is 1.24 bits per heavy atom. The van der Waals surface area contributed by atoms with Crippen LogP contribution in [0.15, 0.2) is 61.2 Å². The summed E-state index contributed by atoms with van der Waals surface area (Å²) in [4.78, 5) is 12.6. The van der Waals surface area contributed by atoms with Gasteiger partial charge in [0.05, 0.1) is 11.5 Å². The van der Waals surface area contributed by atoms with Crippen molar-refractivity contribution in [3.8, 4) is 11.5 Å². The molecule has 0 saturated carbocycles. The van der Waals surface area contributed by atoms with Gasteiger partial charge in [0.2, 0.25) is 0 Å². The van der Waals surface area contributed by atoms with Gasteiger partial charge in [0.1, 0.15) is 24.7 Å². The molecule has 3 nitrogen and oxygen atoms in total. The molecule has 1 heterocycles. The number of hydrogen-bond acceptors (Lipinski definition) is 3. The molecule has 2 aromatic rings.